The summed E-state index contributed by atoms with van der Waals surface area (Å²) in [4.78, 5) is 49.6. The molecular weight excluding hydrogens is 421 g/mol. The second kappa shape index (κ2) is 8.96. The molecule has 0 spiro atoms. The van der Waals surface area contributed by atoms with E-state index in [1.54, 1.807) is 24.3 Å². The number of imide groups is 1. The Balaban J connectivity index is 1.23. The summed E-state index contributed by atoms with van der Waals surface area (Å²) >= 11 is 0. The highest BCUT2D eigenvalue weighted by molar-refractivity contribution is 6.21. The van der Waals surface area contributed by atoms with E-state index in [-0.39, 0.29) is 30.9 Å². The van der Waals surface area contributed by atoms with E-state index in [1.807, 2.05) is 0 Å². The van der Waals surface area contributed by atoms with E-state index in [4.69, 9.17) is 9.15 Å². The van der Waals surface area contributed by atoms with Crippen molar-refractivity contribution >= 4 is 17.8 Å². The fourth-order valence-electron chi connectivity index (χ4n) is 3.28. The Hall–Kier alpha value is -4.08. The van der Waals surface area contributed by atoms with Crippen LogP contribution in [0, 0.1) is 5.82 Å². The lowest BCUT2D eigenvalue weighted by molar-refractivity contribution is -0.144. The number of hydrogen-bond acceptors (Lipinski definition) is 7. The van der Waals surface area contributed by atoms with Gasteiger partial charge in [-0.2, -0.15) is 4.68 Å². The van der Waals surface area contributed by atoms with Gasteiger partial charge < -0.3 is 9.15 Å². The molecular formula is C22H18FN3O6. The number of nitrogens with zero attached hydrogens (tertiary/aromatic N) is 3. The standard InChI is InChI=1S/C22H18FN3O6/c23-15-9-7-14(8-10-15)19-24-26(22(30)32-19)13-18(27)31-12-4-3-11-25-20(28)16-5-1-2-6-17(16)21(25)29/h1-2,5-10H,3-4,11-13H2. The van der Waals surface area contributed by atoms with Crippen molar-refractivity contribution in [3.63, 3.8) is 0 Å². The average Bonchev–Trinajstić information content (AvgIpc) is 3.26. The fourth-order valence-corrected chi connectivity index (χ4v) is 3.28. The highest BCUT2D eigenvalue weighted by atomic mass is 19.1. The van der Waals surface area contributed by atoms with Gasteiger partial charge in [0.05, 0.1) is 17.7 Å². The molecule has 1 aliphatic rings. The minimum Gasteiger partial charge on any atom is -0.464 e. The summed E-state index contributed by atoms with van der Waals surface area (Å²) in [5, 5.41) is 3.92. The lowest BCUT2D eigenvalue weighted by atomic mass is 10.1. The lowest BCUT2D eigenvalue weighted by Crippen LogP contribution is -2.31. The second-order valence-electron chi connectivity index (χ2n) is 7.07. The Kier molecular flexibility index (Phi) is 5.93. The van der Waals surface area contributed by atoms with Crippen LogP contribution >= 0.6 is 0 Å². The summed E-state index contributed by atoms with van der Waals surface area (Å²) in [6.07, 6.45) is 0.880. The normalized spacial score (nSPS) is 12.8. The molecule has 0 bridgehead atoms. The molecule has 0 fully saturated rings. The van der Waals surface area contributed by atoms with Gasteiger partial charge in [-0.25, -0.2) is 9.18 Å². The number of benzene rings is 2. The minimum absolute atomic E-state index is 0.0382. The quantitative estimate of drug-likeness (QED) is 0.301. The summed E-state index contributed by atoms with van der Waals surface area (Å²) < 4.78 is 23.9. The van der Waals surface area contributed by atoms with E-state index < -0.39 is 24.1 Å². The van der Waals surface area contributed by atoms with Gasteiger partial charge in [0, 0.05) is 12.1 Å². The molecule has 1 aromatic heterocycles. The number of amides is 2. The van der Waals surface area contributed by atoms with Crippen LogP contribution in [-0.2, 0) is 16.1 Å². The van der Waals surface area contributed by atoms with E-state index in [9.17, 15) is 23.6 Å². The fraction of sp³-hybridized carbons (Fsp3) is 0.227. The summed E-state index contributed by atoms with van der Waals surface area (Å²) in [6, 6.07) is 11.8. The van der Waals surface area contributed by atoms with E-state index in [0.717, 1.165) is 4.68 Å². The highest BCUT2D eigenvalue weighted by Gasteiger charge is 2.34. The predicted molar refractivity (Wildman–Crippen MR) is 108 cm³/mol. The molecule has 2 heterocycles. The van der Waals surface area contributed by atoms with E-state index in [2.05, 4.69) is 5.10 Å². The number of carbonyl (C=O) groups is 3. The number of hydrogen-bond donors (Lipinski definition) is 0. The monoisotopic (exact) mass is 439 g/mol. The van der Waals surface area contributed by atoms with Crippen LogP contribution in [0.4, 0.5) is 4.39 Å². The van der Waals surface area contributed by atoms with Crippen LogP contribution in [0.5, 0.6) is 0 Å². The number of halogens is 1. The molecule has 2 amide bonds. The van der Waals surface area contributed by atoms with E-state index >= 15 is 0 Å². The Morgan fingerprint density at radius 1 is 0.969 bits per heavy atom. The molecule has 4 rings (SSSR count). The molecule has 3 aromatic rings. The van der Waals surface area contributed by atoms with Gasteiger partial charge in [-0.05, 0) is 49.2 Å². The van der Waals surface area contributed by atoms with Crippen molar-refractivity contribution in [2.45, 2.75) is 19.4 Å². The van der Waals surface area contributed by atoms with Crippen LogP contribution in [0.1, 0.15) is 33.6 Å². The lowest BCUT2D eigenvalue weighted by Gasteiger charge is -2.13. The minimum atomic E-state index is -0.841. The summed E-state index contributed by atoms with van der Waals surface area (Å²) in [7, 11) is 0. The molecule has 0 unspecified atom stereocenters. The van der Waals surface area contributed by atoms with Gasteiger partial charge in [-0.1, -0.05) is 12.1 Å². The molecule has 0 N–H and O–H groups in total. The predicted octanol–water partition coefficient (Wildman–Crippen LogP) is 2.26. The molecule has 0 aliphatic carbocycles. The molecule has 0 radical (unpaired) electrons. The average molecular weight is 439 g/mol. The van der Waals surface area contributed by atoms with Crippen LogP contribution in [-0.4, -0.2) is 45.6 Å². The zero-order valence-corrected chi connectivity index (χ0v) is 16.8. The first-order valence-electron chi connectivity index (χ1n) is 9.89. The Bertz CT molecular complexity index is 1200. The maximum Gasteiger partial charge on any atom is 0.437 e. The van der Waals surface area contributed by atoms with Crippen molar-refractivity contribution in [1.82, 2.24) is 14.7 Å². The number of carbonyl (C=O) groups excluding carboxylic acids is 3. The van der Waals surface area contributed by atoms with Crippen molar-refractivity contribution in [3.05, 3.63) is 76.0 Å². The number of ether oxygens (including phenoxy) is 1. The van der Waals surface area contributed by atoms with Gasteiger partial charge in [0.1, 0.15) is 12.4 Å². The maximum absolute atomic E-state index is 13.0. The van der Waals surface area contributed by atoms with E-state index in [0.29, 0.717) is 29.5 Å². The van der Waals surface area contributed by atoms with Crippen molar-refractivity contribution in [2.24, 2.45) is 0 Å². The molecule has 32 heavy (non-hydrogen) atoms. The molecule has 164 valence electrons. The first kappa shape index (κ1) is 21.2. The van der Waals surface area contributed by atoms with Crippen LogP contribution in [0.25, 0.3) is 11.5 Å². The van der Waals surface area contributed by atoms with Gasteiger partial charge in [0.2, 0.25) is 5.89 Å². The topological polar surface area (TPSA) is 112 Å². The molecule has 0 saturated carbocycles. The third-order valence-corrected chi connectivity index (χ3v) is 4.89. The smallest absolute Gasteiger partial charge is 0.437 e. The number of fused-ring (bicyclic) bond motifs is 1. The molecule has 9 nitrogen and oxygen atoms in total. The summed E-state index contributed by atoms with van der Waals surface area (Å²) in [5.41, 5.74) is 1.17. The summed E-state index contributed by atoms with van der Waals surface area (Å²) in [6.45, 7) is -0.172. The van der Waals surface area contributed by atoms with Gasteiger partial charge >= 0.3 is 11.7 Å². The van der Waals surface area contributed by atoms with Crippen LogP contribution in [0.15, 0.2) is 57.7 Å². The SMILES string of the molecule is O=C(Cn1nc(-c2ccc(F)cc2)oc1=O)OCCCCN1C(=O)c2ccccc2C1=O. The second-order valence-corrected chi connectivity index (χ2v) is 7.07. The van der Waals surface area contributed by atoms with E-state index in [1.165, 1.54) is 29.2 Å². The van der Waals surface area contributed by atoms with Crippen molar-refractivity contribution < 1.29 is 27.9 Å². The Morgan fingerprint density at radius 3 is 2.28 bits per heavy atom. The summed E-state index contributed by atoms with van der Waals surface area (Å²) in [5.74, 6) is -2.67. The first-order valence-corrected chi connectivity index (χ1v) is 9.89. The first-order chi connectivity index (χ1) is 15.4. The Morgan fingerprint density at radius 2 is 1.62 bits per heavy atom. The third kappa shape index (κ3) is 4.34. The zero-order chi connectivity index (χ0) is 22.7. The molecule has 10 heteroatoms. The molecule has 2 aromatic carbocycles. The number of unbranched alkanes of at least 4 members (excludes halogenated alkanes) is 1. The molecule has 0 atom stereocenters. The number of esters is 1. The third-order valence-electron chi connectivity index (χ3n) is 4.89. The van der Waals surface area contributed by atoms with Gasteiger partial charge in [-0.3, -0.25) is 19.3 Å². The van der Waals surface area contributed by atoms with Crippen molar-refractivity contribution in [2.75, 3.05) is 13.2 Å². The number of rotatable bonds is 8. The molecule has 0 saturated heterocycles. The van der Waals surface area contributed by atoms with Crippen LogP contribution < -0.4 is 5.76 Å². The van der Waals surface area contributed by atoms with Crippen LogP contribution in [0.2, 0.25) is 0 Å². The van der Waals surface area contributed by atoms with Gasteiger partial charge in [-0.15, -0.1) is 5.10 Å². The maximum atomic E-state index is 13.0. The number of aromatic nitrogens is 2. The molecule has 1 aliphatic heterocycles. The Labute approximate surface area is 181 Å². The zero-order valence-electron chi connectivity index (χ0n) is 16.8. The van der Waals surface area contributed by atoms with Gasteiger partial charge in [0.25, 0.3) is 11.8 Å². The van der Waals surface area contributed by atoms with Crippen LogP contribution in [0.3, 0.4) is 0 Å². The van der Waals surface area contributed by atoms with Crippen molar-refractivity contribution in [1.29, 1.82) is 0 Å². The highest BCUT2D eigenvalue weighted by Crippen LogP contribution is 2.22. The largest absolute Gasteiger partial charge is 0.464 e. The van der Waals surface area contributed by atoms with Crippen molar-refractivity contribution in [3.8, 4) is 11.5 Å². The van der Waals surface area contributed by atoms with Gasteiger partial charge in [0.15, 0.2) is 0 Å².